The zero-order chi connectivity index (χ0) is 13.6. The molecule has 2 aromatic heterocycles. The minimum absolute atomic E-state index is 0.122. The van der Waals surface area contributed by atoms with Gasteiger partial charge in [0.1, 0.15) is 30.1 Å². The fourth-order valence-corrected chi connectivity index (χ4v) is 2.28. The Morgan fingerprint density at radius 2 is 2.32 bits per heavy atom. The number of nitrogens with zero attached hydrogens (tertiary/aromatic N) is 4. The number of aromatic nitrogens is 3. The molecule has 1 aliphatic rings. The van der Waals surface area contributed by atoms with Crippen molar-refractivity contribution >= 4 is 11.3 Å². The van der Waals surface area contributed by atoms with Crippen LogP contribution in [-0.4, -0.2) is 43.6 Å². The first-order chi connectivity index (χ1) is 9.10. The predicted octanol–water partition coefficient (Wildman–Crippen LogP) is -1.22. The van der Waals surface area contributed by atoms with E-state index in [1.165, 1.54) is 10.8 Å². The summed E-state index contributed by atoms with van der Waals surface area (Å²) in [5, 5.41) is 33.0. The summed E-state index contributed by atoms with van der Waals surface area (Å²) in [5.41, 5.74) is 4.86. The summed E-state index contributed by atoms with van der Waals surface area (Å²) < 4.78 is 6.71. The molecule has 0 spiro atoms. The number of nitrogen functional groups attached to an aromatic ring is 1. The lowest BCUT2D eigenvalue weighted by Gasteiger charge is -2.23. The van der Waals surface area contributed by atoms with E-state index in [0.29, 0.717) is 11.2 Å². The lowest BCUT2D eigenvalue weighted by atomic mass is 9.93. The van der Waals surface area contributed by atoms with Gasteiger partial charge in [0.15, 0.2) is 5.82 Å². The van der Waals surface area contributed by atoms with Crippen LogP contribution in [0.25, 0.3) is 5.52 Å². The van der Waals surface area contributed by atoms with Gasteiger partial charge in [0.2, 0.25) is 5.60 Å². The fourth-order valence-electron chi connectivity index (χ4n) is 2.28. The molecule has 3 atom stereocenters. The van der Waals surface area contributed by atoms with E-state index in [0.717, 1.165) is 0 Å². The van der Waals surface area contributed by atoms with Crippen molar-refractivity contribution in [1.82, 2.24) is 14.6 Å². The Labute approximate surface area is 107 Å². The molecule has 0 unspecified atom stereocenters. The highest BCUT2D eigenvalue weighted by atomic mass is 16.5. The van der Waals surface area contributed by atoms with Crippen molar-refractivity contribution in [3.63, 3.8) is 0 Å². The highest BCUT2D eigenvalue weighted by Crippen LogP contribution is 2.37. The van der Waals surface area contributed by atoms with Crippen LogP contribution in [0.3, 0.4) is 0 Å². The number of rotatable bonds is 1. The third-order valence-corrected chi connectivity index (χ3v) is 3.29. The van der Waals surface area contributed by atoms with Gasteiger partial charge in [0.25, 0.3) is 0 Å². The summed E-state index contributed by atoms with van der Waals surface area (Å²) in [4.78, 5) is 3.84. The molecule has 98 valence electrons. The van der Waals surface area contributed by atoms with Crippen molar-refractivity contribution < 1.29 is 14.9 Å². The number of nitrogens with two attached hydrogens (primary N) is 1. The SMILES string of the molecule is N#C[C@]1(c2ccc3c(N)ncnn23)OC[C@H](O)[C@H]1O. The Morgan fingerprint density at radius 1 is 1.53 bits per heavy atom. The summed E-state index contributed by atoms with van der Waals surface area (Å²) in [7, 11) is 0. The number of ether oxygens (including phenoxy) is 1. The molecule has 1 aliphatic heterocycles. The van der Waals surface area contributed by atoms with Crippen LogP contribution in [0.5, 0.6) is 0 Å². The summed E-state index contributed by atoms with van der Waals surface area (Å²) in [6, 6.07) is 5.12. The molecule has 0 aromatic carbocycles. The molecule has 0 aliphatic carbocycles. The van der Waals surface area contributed by atoms with Gasteiger partial charge >= 0.3 is 0 Å². The second-order valence-corrected chi connectivity index (χ2v) is 4.33. The summed E-state index contributed by atoms with van der Waals surface area (Å²) in [6.07, 6.45) is -1.23. The number of hydrogen-bond donors (Lipinski definition) is 3. The molecule has 3 heterocycles. The molecule has 4 N–H and O–H groups in total. The second-order valence-electron chi connectivity index (χ2n) is 4.33. The maximum Gasteiger partial charge on any atom is 0.225 e. The van der Waals surface area contributed by atoms with Crippen molar-refractivity contribution in [2.75, 3.05) is 12.3 Å². The van der Waals surface area contributed by atoms with Crippen molar-refractivity contribution in [2.45, 2.75) is 17.8 Å². The topological polar surface area (TPSA) is 130 Å². The molecule has 3 rings (SSSR count). The lowest BCUT2D eigenvalue weighted by molar-refractivity contribution is -0.0309. The normalized spacial score (nSPS) is 30.6. The van der Waals surface area contributed by atoms with Gasteiger partial charge in [-0.1, -0.05) is 0 Å². The van der Waals surface area contributed by atoms with Crippen LogP contribution < -0.4 is 5.73 Å². The van der Waals surface area contributed by atoms with Crippen molar-refractivity contribution in [2.24, 2.45) is 0 Å². The molecular weight excluding hydrogens is 250 g/mol. The first-order valence-corrected chi connectivity index (χ1v) is 5.60. The van der Waals surface area contributed by atoms with Gasteiger partial charge in [-0.15, -0.1) is 0 Å². The number of aliphatic hydroxyl groups is 2. The monoisotopic (exact) mass is 261 g/mol. The number of anilines is 1. The number of aliphatic hydroxyl groups excluding tert-OH is 2. The minimum Gasteiger partial charge on any atom is -0.388 e. The maximum absolute atomic E-state index is 10.0. The smallest absolute Gasteiger partial charge is 0.225 e. The van der Waals surface area contributed by atoms with E-state index in [1.54, 1.807) is 12.1 Å². The quantitative estimate of drug-likeness (QED) is 0.586. The molecule has 8 nitrogen and oxygen atoms in total. The maximum atomic E-state index is 10.0. The van der Waals surface area contributed by atoms with Gasteiger partial charge in [0, 0.05) is 0 Å². The summed E-state index contributed by atoms with van der Waals surface area (Å²) in [6.45, 7) is -0.122. The summed E-state index contributed by atoms with van der Waals surface area (Å²) >= 11 is 0. The van der Waals surface area contributed by atoms with Crippen LogP contribution in [0.4, 0.5) is 5.82 Å². The minimum atomic E-state index is -1.66. The average molecular weight is 261 g/mol. The molecule has 0 amide bonds. The summed E-state index contributed by atoms with van der Waals surface area (Å²) in [5.74, 6) is 0.252. The Hall–Kier alpha value is -2.21. The molecule has 0 bridgehead atoms. The number of nitriles is 1. The zero-order valence-corrected chi connectivity index (χ0v) is 9.76. The molecular formula is C11H11N5O3. The Balaban J connectivity index is 2.24. The molecule has 1 fully saturated rings. The largest absolute Gasteiger partial charge is 0.388 e. The highest BCUT2D eigenvalue weighted by molar-refractivity contribution is 5.66. The van der Waals surface area contributed by atoms with Gasteiger partial charge in [-0.05, 0) is 12.1 Å². The van der Waals surface area contributed by atoms with Crippen LogP contribution >= 0.6 is 0 Å². The van der Waals surface area contributed by atoms with Crippen LogP contribution in [0.2, 0.25) is 0 Å². The van der Waals surface area contributed by atoms with Crippen molar-refractivity contribution in [3.05, 3.63) is 24.2 Å². The van der Waals surface area contributed by atoms with E-state index in [-0.39, 0.29) is 12.4 Å². The molecule has 0 saturated carbocycles. The van der Waals surface area contributed by atoms with Crippen molar-refractivity contribution in [1.29, 1.82) is 5.26 Å². The van der Waals surface area contributed by atoms with E-state index < -0.39 is 17.8 Å². The Bertz CT molecular complexity index is 679. The molecule has 8 heteroatoms. The first kappa shape index (κ1) is 11.9. The van der Waals surface area contributed by atoms with Gasteiger partial charge < -0.3 is 20.7 Å². The molecule has 1 saturated heterocycles. The van der Waals surface area contributed by atoms with Gasteiger partial charge in [-0.25, -0.2) is 9.50 Å². The van der Waals surface area contributed by atoms with Gasteiger partial charge in [-0.2, -0.15) is 10.4 Å². The van der Waals surface area contributed by atoms with Crippen LogP contribution in [0.15, 0.2) is 18.5 Å². The molecule has 0 radical (unpaired) electrons. The van der Waals surface area contributed by atoms with E-state index >= 15 is 0 Å². The number of fused-ring (bicyclic) bond motifs is 1. The zero-order valence-electron chi connectivity index (χ0n) is 9.76. The predicted molar refractivity (Wildman–Crippen MR) is 62.7 cm³/mol. The number of hydrogen-bond acceptors (Lipinski definition) is 7. The average Bonchev–Trinajstić information content (AvgIpc) is 2.96. The van der Waals surface area contributed by atoms with Gasteiger partial charge in [0.05, 0.1) is 12.3 Å². The second kappa shape index (κ2) is 3.89. The standard InChI is InChI=1S/C11H11N5O3/c12-4-11(9(18)7(17)3-19-11)8-2-1-6-10(13)14-5-15-16(6)8/h1-2,5,7,9,17-18H,3H2,(H2,13,14,15)/t7-,9+,11+/m0/s1. The molecule has 2 aromatic rings. The van der Waals surface area contributed by atoms with E-state index in [9.17, 15) is 15.5 Å². The van der Waals surface area contributed by atoms with E-state index in [1.807, 2.05) is 6.07 Å². The Morgan fingerprint density at radius 3 is 2.95 bits per heavy atom. The third-order valence-electron chi connectivity index (χ3n) is 3.29. The lowest BCUT2D eigenvalue weighted by Crippen LogP contribution is -2.40. The Kier molecular flexibility index (Phi) is 2.43. The van der Waals surface area contributed by atoms with Crippen LogP contribution in [-0.2, 0) is 10.3 Å². The first-order valence-electron chi connectivity index (χ1n) is 5.60. The van der Waals surface area contributed by atoms with Crippen LogP contribution in [0, 0.1) is 11.3 Å². The van der Waals surface area contributed by atoms with Gasteiger partial charge in [-0.3, -0.25) is 0 Å². The van der Waals surface area contributed by atoms with E-state index in [2.05, 4.69) is 10.1 Å². The highest BCUT2D eigenvalue weighted by Gasteiger charge is 2.52. The fraction of sp³-hybridized carbons (Fsp3) is 0.364. The van der Waals surface area contributed by atoms with Crippen molar-refractivity contribution in [3.8, 4) is 6.07 Å². The molecule has 19 heavy (non-hydrogen) atoms. The third kappa shape index (κ3) is 1.43. The van der Waals surface area contributed by atoms with E-state index in [4.69, 9.17) is 10.5 Å². The van der Waals surface area contributed by atoms with Crippen LogP contribution in [0.1, 0.15) is 5.69 Å².